The Hall–Kier alpha value is -3.08. The van der Waals surface area contributed by atoms with Gasteiger partial charge in [-0.3, -0.25) is 9.78 Å². The van der Waals surface area contributed by atoms with Gasteiger partial charge in [-0.1, -0.05) is 6.07 Å². The minimum absolute atomic E-state index is 0.236. The van der Waals surface area contributed by atoms with Crippen LogP contribution in [-0.4, -0.2) is 10.9 Å². The fourth-order valence-corrected chi connectivity index (χ4v) is 2.28. The van der Waals surface area contributed by atoms with Crippen LogP contribution >= 0.6 is 0 Å². The van der Waals surface area contributed by atoms with Crippen LogP contribution in [0.1, 0.15) is 27.4 Å². The van der Waals surface area contributed by atoms with E-state index in [0.29, 0.717) is 12.2 Å². The number of aryl methyl sites for hydroxylation is 2. The van der Waals surface area contributed by atoms with E-state index in [1.54, 1.807) is 18.5 Å². The number of rotatable bonds is 5. The molecule has 1 aromatic carbocycles. The largest absolute Gasteiger partial charge is 0.467 e. The molecule has 0 unspecified atom stereocenters. The summed E-state index contributed by atoms with van der Waals surface area (Å²) in [6, 6.07) is 13.1. The predicted octanol–water partition coefficient (Wildman–Crippen LogP) is 4.16. The zero-order chi connectivity index (χ0) is 16.9. The quantitative estimate of drug-likeness (QED) is 0.740. The summed E-state index contributed by atoms with van der Waals surface area (Å²) in [4.78, 5) is 16.5. The molecule has 0 aliphatic rings. The van der Waals surface area contributed by atoms with Crippen LogP contribution in [0.25, 0.3) is 0 Å². The molecule has 5 heteroatoms. The predicted molar refractivity (Wildman–Crippen MR) is 94.1 cm³/mol. The summed E-state index contributed by atoms with van der Waals surface area (Å²) in [5.74, 6) is 0.591. The first kappa shape index (κ1) is 15.8. The van der Waals surface area contributed by atoms with Gasteiger partial charge in [0, 0.05) is 17.6 Å². The zero-order valence-corrected chi connectivity index (χ0v) is 13.7. The molecule has 0 aliphatic carbocycles. The molecule has 0 fully saturated rings. The van der Waals surface area contributed by atoms with Crippen molar-refractivity contribution in [1.29, 1.82) is 0 Å². The third kappa shape index (κ3) is 3.81. The molecule has 2 aromatic heterocycles. The molecule has 0 atom stereocenters. The standard InChI is InChI=1S/C19H19N3O2/c1-13-5-6-16(10-14(13)2)22-19(23)18-11-15(7-8-20-18)21-12-17-4-3-9-24-17/h3-11H,12H2,1-2H3,(H,20,21)(H,22,23). The molecule has 0 aliphatic heterocycles. The number of anilines is 2. The van der Waals surface area contributed by atoms with E-state index in [4.69, 9.17) is 4.42 Å². The first-order valence-electron chi connectivity index (χ1n) is 7.73. The highest BCUT2D eigenvalue weighted by Gasteiger charge is 2.09. The lowest BCUT2D eigenvalue weighted by molar-refractivity contribution is 0.102. The van der Waals surface area contributed by atoms with E-state index in [2.05, 4.69) is 15.6 Å². The SMILES string of the molecule is Cc1ccc(NC(=O)c2cc(NCc3ccco3)ccn2)cc1C. The van der Waals surface area contributed by atoms with Crippen LogP contribution in [-0.2, 0) is 6.54 Å². The summed E-state index contributed by atoms with van der Waals surface area (Å²) < 4.78 is 5.28. The number of nitrogens with zero attached hydrogens (tertiary/aromatic N) is 1. The van der Waals surface area contributed by atoms with Crippen LogP contribution in [0.4, 0.5) is 11.4 Å². The fourth-order valence-electron chi connectivity index (χ4n) is 2.28. The molecule has 0 bridgehead atoms. The molecule has 1 amide bonds. The topological polar surface area (TPSA) is 67.2 Å². The molecule has 3 aromatic rings. The first-order chi connectivity index (χ1) is 11.6. The molecule has 0 saturated carbocycles. The number of aromatic nitrogens is 1. The summed E-state index contributed by atoms with van der Waals surface area (Å²) in [6.07, 6.45) is 3.24. The molecule has 24 heavy (non-hydrogen) atoms. The lowest BCUT2D eigenvalue weighted by Gasteiger charge is -2.09. The normalized spacial score (nSPS) is 10.4. The molecule has 3 rings (SSSR count). The molecule has 122 valence electrons. The van der Waals surface area contributed by atoms with Crippen molar-refractivity contribution in [2.75, 3.05) is 10.6 Å². The van der Waals surface area contributed by atoms with Crippen molar-refractivity contribution >= 4 is 17.3 Å². The van der Waals surface area contributed by atoms with Crippen LogP contribution in [0, 0.1) is 13.8 Å². The molecule has 2 heterocycles. The summed E-state index contributed by atoms with van der Waals surface area (Å²) in [6.45, 7) is 4.61. The van der Waals surface area contributed by atoms with Gasteiger partial charge in [0.05, 0.1) is 12.8 Å². The Morgan fingerprint density at radius 2 is 1.96 bits per heavy atom. The van der Waals surface area contributed by atoms with Crippen molar-refractivity contribution in [3.8, 4) is 0 Å². The van der Waals surface area contributed by atoms with Gasteiger partial charge in [-0.05, 0) is 61.4 Å². The number of carbonyl (C=O) groups excluding carboxylic acids is 1. The van der Waals surface area contributed by atoms with Gasteiger partial charge >= 0.3 is 0 Å². The summed E-state index contributed by atoms with van der Waals surface area (Å²) >= 11 is 0. The Morgan fingerprint density at radius 1 is 1.08 bits per heavy atom. The van der Waals surface area contributed by atoms with E-state index in [9.17, 15) is 4.79 Å². The Morgan fingerprint density at radius 3 is 2.71 bits per heavy atom. The lowest BCUT2D eigenvalue weighted by atomic mass is 10.1. The zero-order valence-electron chi connectivity index (χ0n) is 13.7. The second-order valence-corrected chi connectivity index (χ2v) is 5.62. The summed E-state index contributed by atoms with van der Waals surface area (Å²) in [5.41, 5.74) is 4.26. The van der Waals surface area contributed by atoms with Crippen molar-refractivity contribution in [1.82, 2.24) is 4.98 Å². The third-order valence-corrected chi connectivity index (χ3v) is 3.80. The molecule has 0 radical (unpaired) electrons. The van der Waals surface area contributed by atoms with Crippen LogP contribution in [0.15, 0.2) is 59.3 Å². The third-order valence-electron chi connectivity index (χ3n) is 3.80. The lowest BCUT2D eigenvalue weighted by Crippen LogP contribution is -2.14. The monoisotopic (exact) mass is 321 g/mol. The highest BCUT2D eigenvalue weighted by atomic mass is 16.3. The van der Waals surface area contributed by atoms with E-state index in [1.165, 1.54) is 5.56 Å². The van der Waals surface area contributed by atoms with Crippen LogP contribution in [0.2, 0.25) is 0 Å². The van der Waals surface area contributed by atoms with E-state index in [-0.39, 0.29) is 5.91 Å². The Kier molecular flexibility index (Phi) is 4.61. The maximum Gasteiger partial charge on any atom is 0.274 e. The number of hydrogen-bond donors (Lipinski definition) is 2. The smallest absolute Gasteiger partial charge is 0.274 e. The average Bonchev–Trinajstić information content (AvgIpc) is 3.10. The summed E-state index contributed by atoms with van der Waals surface area (Å²) in [5, 5.41) is 6.08. The van der Waals surface area contributed by atoms with Crippen molar-refractivity contribution in [2.24, 2.45) is 0 Å². The highest BCUT2D eigenvalue weighted by Crippen LogP contribution is 2.16. The van der Waals surface area contributed by atoms with Crippen molar-refractivity contribution in [3.63, 3.8) is 0 Å². The Labute approximate surface area is 140 Å². The molecule has 0 saturated heterocycles. The van der Waals surface area contributed by atoms with Crippen molar-refractivity contribution in [2.45, 2.75) is 20.4 Å². The first-order valence-corrected chi connectivity index (χ1v) is 7.73. The molecular weight excluding hydrogens is 302 g/mol. The van der Waals surface area contributed by atoms with Gasteiger partial charge in [-0.15, -0.1) is 0 Å². The number of amides is 1. The number of nitrogens with one attached hydrogen (secondary N) is 2. The number of furan rings is 1. The molecule has 5 nitrogen and oxygen atoms in total. The molecular formula is C19H19N3O2. The van der Waals surface area contributed by atoms with Gasteiger partial charge in [0.15, 0.2) is 0 Å². The Balaban J connectivity index is 1.68. The molecule has 2 N–H and O–H groups in total. The van der Waals surface area contributed by atoms with E-state index < -0.39 is 0 Å². The van der Waals surface area contributed by atoms with Crippen LogP contribution < -0.4 is 10.6 Å². The van der Waals surface area contributed by atoms with E-state index in [0.717, 1.165) is 22.7 Å². The van der Waals surface area contributed by atoms with Gasteiger partial charge in [-0.2, -0.15) is 0 Å². The van der Waals surface area contributed by atoms with Gasteiger partial charge in [0.2, 0.25) is 0 Å². The second kappa shape index (κ2) is 7.00. The maximum absolute atomic E-state index is 12.4. The maximum atomic E-state index is 12.4. The van der Waals surface area contributed by atoms with E-state index in [1.807, 2.05) is 50.2 Å². The minimum Gasteiger partial charge on any atom is -0.467 e. The number of pyridine rings is 1. The molecule has 0 spiro atoms. The van der Waals surface area contributed by atoms with Crippen LogP contribution in [0.3, 0.4) is 0 Å². The average molecular weight is 321 g/mol. The Bertz CT molecular complexity index is 842. The number of benzene rings is 1. The fraction of sp³-hybridized carbons (Fsp3) is 0.158. The van der Waals surface area contributed by atoms with Crippen molar-refractivity contribution in [3.05, 3.63) is 77.5 Å². The number of carbonyl (C=O) groups is 1. The second-order valence-electron chi connectivity index (χ2n) is 5.62. The van der Waals surface area contributed by atoms with Gasteiger partial charge in [-0.25, -0.2) is 0 Å². The number of hydrogen-bond acceptors (Lipinski definition) is 4. The van der Waals surface area contributed by atoms with Gasteiger partial charge in [0.1, 0.15) is 11.5 Å². The van der Waals surface area contributed by atoms with Crippen LogP contribution in [0.5, 0.6) is 0 Å². The highest BCUT2D eigenvalue weighted by molar-refractivity contribution is 6.03. The van der Waals surface area contributed by atoms with Gasteiger partial charge in [0.25, 0.3) is 5.91 Å². The van der Waals surface area contributed by atoms with Gasteiger partial charge < -0.3 is 15.1 Å². The van der Waals surface area contributed by atoms with E-state index >= 15 is 0 Å². The summed E-state index contributed by atoms with van der Waals surface area (Å²) in [7, 11) is 0. The minimum atomic E-state index is -0.236. The van der Waals surface area contributed by atoms with Crippen molar-refractivity contribution < 1.29 is 9.21 Å².